The molecule has 1 aliphatic rings. The lowest BCUT2D eigenvalue weighted by atomic mass is 10.0. The summed E-state index contributed by atoms with van der Waals surface area (Å²) in [4.78, 5) is 36.5. The smallest absolute Gasteiger partial charge is 0.414 e. The number of alkyl carbamates (subject to hydrolysis) is 1. The molecule has 1 atom stereocenters. The average Bonchev–Trinajstić information content (AvgIpc) is 2.34. The minimum Gasteiger partial charge on any atom is -0.444 e. The van der Waals surface area contributed by atoms with Crippen LogP contribution in [0.2, 0.25) is 0 Å². The molecule has 0 saturated carbocycles. The van der Waals surface area contributed by atoms with Gasteiger partial charge in [-0.2, -0.15) is 0 Å². The zero-order valence-corrected chi connectivity index (χ0v) is 13.1. The van der Waals surface area contributed by atoms with E-state index in [-0.39, 0.29) is 18.5 Å². The first kappa shape index (κ1) is 17.2. The maximum absolute atomic E-state index is 11.9. The molecule has 0 aromatic heterocycles. The van der Waals surface area contributed by atoms with Crippen molar-refractivity contribution in [3.8, 4) is 0 Å². The molecule has 0 aromatic rings. The Labute approximate surface area is 125 Å². The van der Waals surface area contributed by atoms with Gasteiger partial charge < -0.3 is 9.64 Å². The fourth-order valence-corrected chi connectivity index (χ4v) is 2.13. The van der Waals surface area contributed by atoms with E-state index in [1.807, 2.05) is 12.2 Å². The summed E-state index contributed by atoms with van der Waals surface area (Å²) in [5.74, 6) is -0.732. The van der Waals surface area contributed by atoms with Crippen molar-refractivity contribution in [2.45, 2.75) is 58.6 Å². The molecule has 0 fully saturated rings. The highest BCUT2D eigenvalue weighted by Crippen LogP contribution is 2.16. The largest absolute Gasteiger partial charge is 0.444 e. The predicted molar refractivity (Wildman–Crippen MR) is 78.5 cm³/mol. The van der Waals surface area contributed by atoms with E-state index >= 15 is 0 Å². The van der Waals surface area contributed by atoms with Crippen LogP contribution in [0.15, 0.2) is 12.2 Å². The van der Waals surface area contributed by atoms with Gasteiger partial charge in [0, 0.05) is 6.92 Å². The Balaban J connectivity index is 2.57. The Kier molecular flexibility index (Phi) is 5.93. The number of carbonyl (C=O) groups excluding carboxylic acids is 3. The number of amides is 3. The quantitative estimate of drug-likeness (QED) is 0.808. The van der Waals surface area contributed by atoms with Gasteiger partial charge in [-0.05, 0) is 40.0 Å². The van der Waals surface area contributed by atoms with Crippen molar-refractivity contribution in [3.63, 3.8) is 0 Å². The molecule has 1 aliphatic carbocycles. The number of allylic oxidation sites excluding steroid dienone is 1. The highest BCUT2D eigenvalue weighted by molar-refractivity contribution is 5.94. The first-order chi connectivity index (χ1) is 9.69. The molecule has 6 heteroatoms. The minimum absolute atomic E-state index is 0.0827. The van der Waals surface area contributed by atoms with Crippen LogP contribution in [0.1, 0.15) is 47.0 Å². The van der Waals surface area contributed by atoms with E-state index in [4.69, 9.17) is 4.74 Å². The number of imide groups is 1. The van der Waals surface area contributed by atoms with Crippen molar-refractivity contribution in [2.75, 3.05) is 6.54 Å². The first-order valence-corrected chi connectivity index (χ1v) is 7.16. The molecule has 0 spiro atoms. The van der Waals surface area contributed by atoms with Crippen molar-refractivity contribution in [2.24, 2.45) is 0 Å². The fraction of sp³-hybridized carbons (Fsp3) is 0.667. The average molecular weight is 296 g/mol. The van der Waals surface area contributed by atoms with Gasteiger partial charge in [-0.15, -0.1) is 0 Å². The van der Waals surface area contributed by atoms with Crippen LogP contribution in [0.4, 0.5) is 4.79 Å². The third kappa shape index (κ3) is 6.42. The molecule has 1 unspecified atom stereocenters. The third-order valence-corrected chi connectivity index (χ3v) is 2.99. The van der Waals surface area contributed by atoms with Crippen LogP contribution in [-0.2, 0) is 14.3 Å². The number of ether oxygens (including phenoxy) is 1. The van der Waals surface area contributed by atoms with Gasteiger partial charge in [0.25, 0.3) is 0 Å². The van der Waals surface area contributed by atoms with Crippen LogP contribution in [0, 0.1) is 0 Å². The van der Waals surface area contributed by atoms with E-state index in [0.717, 1.165) is 19.3 Å². The highest BCUT2D eigenvalue weighted by atomic mass is 16.6. The molecular formula is C15H24N2O4. The van der Waals surface area contributed by atoms with Crippen LogP contribution < -0.4 is 5.32 Å². The Morgan fingerprint density at radius 3 is 2.48 bits per heavy atom. The lowest BCUT2D eigenvalue weighted by Crippen LogP contribution is -2.47. The molecule has 0 radical (unpaired) electrons. The van der Waals surface area contributed by atoms with Gasteiger partial charge in [0.1, 0.15) is 12.1 Å². The summed E-state index contributed by atoms with van der Waals surface area (Å²) in [6, 6.07) is -0.0827. The van der Waals surface area contributed by atoms with Crippen LogP contribution in [0.3, 0.4) is 0 Å². The molecule has 1 rings (SSSR count). The molecule has 118 valence electrons. The Hall–Kier alpha value is -1.85. The molecular weight excluding hydrogens is 272 g/mol. The number of hydrogen-bond donors (Lipinski definition) is 1. The number of rotatable bonds is 3. The summed E-state index contributed by atoms with van der Waals surface area (Å²) >= 11 is 0. The first-order valence-electron chi connectivity index (χ1n) is 7.16. The summed E-state index contributed by atoms with van der Waals surface area (Å²) in [5, 5.41) is 2.14. The van der Waals surface area contributed by atoms with E-state index in [0.29, 0.717) is 0 Å². The molecule has 0 heterocycles. The Morgan fingerprint density at radius 1 is 1.33 bits per heavy atom. The number of hydrogen-bond acceptors (Lipinski definition) is 4. The van der Waals surface area contributed by atoms with Crippen LogP contribution in [0.25, 0.3) is 0 Å². The second-order valence-electron chi connectivity index (χ2n) is 6.12. The normalized spacial score (nSPS) is 18.0. The minimum atomic E-state index is -0.796. The van der Waals surface area contributed by atoms with Gasteiger partial charge >= 0.3 is 6.09 Å². The Bertz CT molecular complexity index is 437. The molecule has 6 nitrogen and oxygen atoms in total. The van der Waals surface area contributed by atoms with Crippen LogP contribution in [-0.4, -0.2) is 41.0 Å². The van der Waals surface area contributed by atoms with Crippen molar-refractivity contribution in [1.29, 1.82) is 0 Å². The second kappa shape index (κ2) is 7.24. The lowest BCUT2D eigenvalue weighted by Gasteiger charge is -2.30. The standard InChI is InChI=1S/C15H24N2O4/c1-11(18)17(12-8-6-5-7-9-12)10-13(19)16-14(20)21-15(2,3)4/h6,8,12H,5,7,9-10H2,1-4H3,(H,16,19,20). The monoisotopic (exact) mass is 296 g/mol. The van der Waals surface area contributed by atoms with Gasteiger partial charge in [0.15, 0.2) is 0 Å². The Morgan fingerprint density at radius 2 is 2.00 bits per heavy atom. The van der Waals surface area contributed by atoms with Crippen molar-refractivity contribution in [1.82, 2.24) is 10.2 Å². The van der Waals surface area contributed by atoms with Crippen molar-refractivity contribution >= 4 is 17.9 Å². The molecule has 0 aliphatic heterocycles. The zero-order chi connectivity index (χ0) is 16.0. The summed E-state index contributed by atoms with van der Waals surface area (Å²) < 4.78 is 5.01. The van der Waals surface area contributed by atoms with Crippen LogP contribution >= 0.6 is 0 Å². The van der Waals surface area contributed by atoms with Gasteiger partial charge in [0.2, 0.25) is 11.8 Å². The van der Waals surface area contributed by atoms with E-state index < -0.39 is 17.6 Å². The number of nitrogens with one attached hydrogen (secondary N) is 1. The highest BCUT2D eigenvalue weighted by Gasteiger charge is 2.24. The van der Waals surface area contributed by atoms with Crippen LogP contribution in [0.5, 0.6) is 0 Å². The van der Waals surface area contributed by atoms with E-state index in [1.54, 1.807) is 20.8 Å². The molecule has 1 N–H and O–H groups in total. The zero-order valence-electron chi connectivity index (χ0n) is 13.1. The fourth-order valence-electron chi connectivity index (χ4n) is 2.13. The van der Waals surface area contributed by atoms with Crippen molar-refractivity contribution < 1.29 is 19.1 Å². The summed E-state index contributed by atoms with van der Waals surface area (Å²) in [6.07, 6.45) is 5.96. The molecule has 0 saturated heterocycles. The third-order valence-electron chi connectivity index (χ3n) is 2.99. The lowest BCUT2D eigenvalue weighted by molar-refractivity contribution is -0.135. The van der Waals surface area contributed by atoms with Gasteiger partial charge in [0.05, 0.1) is 6.04 Å². The topological polar surface area (TPSA) is 75.7 Å². The maximum Gasteiger partial charge on any atom is 0.414 e. The molecule has 21 heavy (non-hydrogen) atoms. The van der Waals surface area contributed by atoms with E-state index in [2.05, 4.69) is 5.32 Å². The van der Waals surface area contributed by atoms with E-state index in [1.165, 1.54) is 11.8 Å². The number of nitrogens with zero attached hydrogens (tertiary/aromatic N) is 1. The number of carbonyl (C=O) groups is 3. The summed E-state index contributed by atoms with van der Waals surface area (Å²) in [6.45, 7) is 6.41. The SMILES string of the molecule is CC(=O)N(CC(=O)NC(=O)OC(C)(C)C)C1C=CCCC1. The molecule has 0 bridgehead atoms. The molecule has 0 aromatic carbocycles. The van der Waals surface area contributed by atoms with E-state index in [9.17, 15) is 14.4 Å². The van der Waals surface area contributed by atoms with Crippen molar-refractivity contribution in [3.05, 3.63) is 12.2 Å². The predicted octanol–water partition coefficient (Wildman–Crippen LogP) is 1.99. The van der Waals surface area contributed by atoms with Gasteiger partial charge in [-0.25, -0.2) is 4.79 Å². The van der Waals surface area contributed by atoms with Gasteiger partial charge in [-0.3, -0.25) is 14.9 Å². The van der Waals surface area contributed by atoms with Gasteiger partial charge in [-0.1, -0.05) is 12.2 Å². The second-order valence-corrected chi connectivity index (χ2v) is 6.12. The molecule has 3 amide bonds. The summed E-state index contributed by atoms with van der Waals surface area (Å²) in [5.41, 5.74) is -0.670. The maximum atomic E-state index is 11.9. The summed E-state index contributed by atoms with van der Waals surface area (Å²) in [7, 11) is 0.